The Balaban J connectivity index is 1.98. The van der Waals surface area contributed by atoms with Crippen LogP contribution < -0.4 is 5.56 Å². The molecular weight excluding hydrogens is 371 g/mol. The average Bonchev–Trinajstić information content (AvgIpc) is 2.91. The number of nitrogens with zero attached hydrogens (tertiary/aromatic N) is 2. The Kier molecular flexibility index (Phi) is 4.45. The first-order valence-electron chi connectivity index (χ1n) is 7.27. The molecule has 10 heteroatoms. The van der Waals surface area contributed by atoms with Crippen LogP contribution in [-0.4, -0.2) is 15.9 Å². The van der Waals surface area contributed by atoms with Crippen molar-refractivity contribution in [2.45, 2.75) is 19.5 Å². The lowest BCUT2D eigenvalue weighted by Crippen LogP contribution is -2.12. The van der Waals surface area contributed by atoms with Crippen LogP contribution in [0.1, 0.15) is 32.2 Å². The molecule has 0 saturated heterocycles. The lowest BCUT2D eigenvalue weighted by atomic mass is 10.1. The second-order valence-electron chi connectivity index (χ2n) is 5.52. The quantitative estimate of drug-likeness (QED) is 0.699. The van der Waals surface area contributed by atoms with E-state index in [1.54, 1.807) is 0 Å². The second-order valence-corrected chi connectivity index (χ2v) is 6.52. The van der Waals surface area contributed by atoms with Crippen molar-refractivity contribution in [3.8, 4) is 0 Å². The Morgan fingerprint density at radius 3 is 2.50 bits per heavy atom. The summed E-state index contributed by atoms with van der Waals surface area (Å²) in [6, 6.07) is 4.51. The van der Waals surface area contributed by atoms with Crippen LogP contribution in [0.4, 0.5) is 13.2 Å². The van der Waals surface area contributed by atoms with Gasteiger partial charge in [-0.15, -0.1) is 16.2 Å². The number of alkyl halides is 3. The first kappa shape index (κ1) is 17.9. The molecule has 0 bridgehead atoms. The lowest BCUT2D eigenvalue weighted by Gasteiger charge is -2.07. The fourth-order valence-corrected chi connectivity index (χ4v) is 3.60. The van der Waals surface area contributed by atoms with E-state index in [9.17, 15) is 27.7 Å². The van der Waals surface area contributed by atoms with Crippen molar-refractivity contribution in [2.24, 2.45) is 5.18 Å². The minimum absolute atomic E-state index is 0.0414. The monoisotopic (exact) mass is 381 g/mol. The average molecular weight is 381 g/mol. The molecule has 3 aromatic rings. The summed E-state index contributed by atoms with van der Waals surface area (Å²) in [5.74, 6) is -0.740. The lowest BCUT2D eigenvalue weighted by molar-refractivity contribution is -0.137. The summed E-state index contributed by atoms with van der Waals surface area (Å²) in [4.78, 5) is 41.3. The van der Waals surface area contributed by atoms with E-state index in [-0.39, 0.29) is 27.3 Å². The molecule has 0 saturated carbocycles. The van der Waals surface area contributed by atoms with E-state index < -0.39 is 23.2 Å². The fourth-order valence-electron chi connectivity index (χ4n) is 2.52. The molecule has 0 spiro atoms. The van der Waals surface area contributed by atoms with Crippen molar-refractivity contribution in [3.63, 3.8) is 0 Å². The zero-order valence-electron chi connectivity index (χ0n) is 13.2. The molecule has 0 aliphatic rings. The van der Waals surface area contributed by atoms with Crippen LogP contribution in [-0.2, 0) is 12.6 Å². The molecule has 1 N–H and O–H groups in total. The van der Waals surface area contributed by atoms with Gasteiger partial charge in [0.2, 0.25) is 0 Å². The van der Waals surface area contributed by atoms with Gasteiger partial charge in [0, 0.05) is 11.6 Å². The molecule has 0 fully saturated rings. The number of fused-ring (bicyclic) bond motifs is 1. The van der Waals surface area contributed by atoms with Gasteiger partial charge in [-0.1, -0.05) is 12.1 Å². The van der Waals surface area contributed by atoms with Gasteiger partial charge < -0.3 is 4.98 Å². The largest absolute Gasteiger partial charge is 0.416 e. The third kappa shape index (κ3) is 3.27. The summed E-state index contributed by atoms with van der Waals surface area (Å²) in [6.07, 6.45) is -4.32. The maximum absolute atomic E-state index is 12.6. The van der Waals surface area contributed by atoms with Crippen LogP contribution >= 0.6 is 11.3 Å². The number of rotatable bonds is 3. The van der Waals surface area contributed by atoms with Gasteiger partial charge in [-0.25, -0.2) is 4.98 Å². The van der Waals surface area contributed by atoms with Gasteiger partial charge in [-0.2, -0.15) is 13.2 Å². The number of hydrogen-bond donors (Lipinski definition) is 1. The highest BCUT2D eigenvalue weighted by Gasteiger charge is 2.30. The number of benzene rings is 1. The predicted molar refractivity (Wildman–Crippen MR) is 89.4 cm³/mol. The van der Waals surface area contributed by atoms with Crippen LogP contribution in [0.5, 0.6) is 0 Å². The summed E-state index contributed by atoms with van der Waals surface area (Å²) in [6.45, 7) is 1.52. The maximum Gasteiger partial charge on any atom is 0.416 e. The van der Waals surface area contributed by atoms with Crippen LogP contribution in [0.25, 0.3) is 10.2 Å². The summed E-state index contributed by atoms with van der Waals surface area (Å²) in [5, 5.41) is 2.55. The highest BCUT2D eigenvalue weighted by atomic mass is 32.1. The maximum atomic E-state index is 12.6. The Morgan fingerprint density at radius 1 is 1.27 bits per heavy atom. The Bertz CT molecular complexity index is 1070. The number of nitroso groups, excluding NO2 is 1. The molecule has 0 atom stereocenters. The second kappa shape index (κ2) is 6.45. The van der Waals surface area contributed by atoms with Crippen LogP contribution in [0, 0.1) is 11.8 Å². The van der Waals surface area contributed by atoms with Crippen molar-refractivity contribution in [1.82, 2.24) is 9.97 Å². The van der Waals surface area contributed by atoms with Crippen LogP contribution in [0.15, 0.2) is 34.2 Å². The first-order chi connectivity index (χ1) is 12.2. The zero-order chi connectivity index (χ0) is 19.1. The summed E-state index contributed by atoms with van der Waals surface area (Å²) in [7, 11) is 0. The number of aromatic amines is 1. The van der Waals surface area contributed by atoms with Crippen LogP contribution in [0.2, 0.25) is 0 Å². The van der Waals surface area contributed by atoms with Crippen molar-refractivity contribution >= 4 is 27.5 Å². The number of hydrogen-bond acceptors (Lipinski definition) is 5. The van der Waals surface area contributed by atoms with E-state index in [2.05, 4.69) is 15.1 Å². The highest BCUT2D eigenvalue weighted by molar-refractivity contribution is 7.20. The number of carbonyl (C=O) groups excluding carboxylic acids is 1. The molecule has 0 aliphatic carbocycles. The SMILES string of the molecule is Cc1c(C(=O)N=O)sc2nc(Cc3ccc(C(F)(F)F)cc3)[nH]c(=O)c12. The molecule has 6 nitrogen and oxygen atoms in total. The minimum atomic E-state index is -4.42. The van der Waals surface area contributed by atoms with Gasteiger partial charge in [0.15, 0.2) is 0 Å². The van der Waals surface area contributed by atoms with E-state index >= 15 is 0 Å². The third-order valence-corrected chi connectivity index (χ3v) is 4.95. The number of aryl methyl sites for hydroxylation is 1. The summed E-state index contributed by atoms with van der Waals surface area (Å²) >= 11 is 0.878. The number of halogens is 3. The van der Waals surface area contributed by atoms with Crippen LogP contribution in [0.3, 0.4) is 0 Å². The van der Waals surface area contributed by atoms with Gasteiger partial charge >= 0.3 is 12.1 Å². The van der Waals surface area contributed by atoms with E-state index in [0.717, 1.165) is 23.5 Å². The molecule has 3 rings (SSSR count). The van der Waals surface area contributed by atoms with E-state index in [0.29, 0.717) is 11.1 Å². The topological polar surface area (TPSA) is 92.2 Å². The molecule has 2 heterocycles. The fraction of sp³-hybridized carbons (Fsp3) is 0.188. The van der Waals surface area contributed by atoms with Crippen molar-refractivity contribution in [3.05, 3.63) is 66.9 Å². The Morgan fingerprint density at radius 2 is 1.92 bits per heavy atom. The summed E-state index contributed by atoms with van der Waals surface area (Å²) in [5.41, 5.74) is -0.406. The van der Waals surface area contributed by atoms with Crippen molar-refractivity contribution in [1.29, 1.82) is 0 Å². The zero-order valence-corrected chi connectivity index (χ0v) is 14.0. The Hall–Kier alpha value is -2.88. The Labute approximate surface area is 147 Å². The number of H-pyrrole nitrogens is 1. The van der Waals surface area contributed by atoms with Gasteiger partial charge in [0.1, 0.15) is 15.5 Å². The predicted octanol–water partition coefficient (Wildman–Crippen LogP) is 3.81. The van der Waals surface area contributed by atoms with E-state index in [1.807, 2.05) is 0 Å². The molecule has 0 unspecified atom stereocenters. The molecule has 0 radical (unpaired) electrons. The molecule has 1 amide bonds. The van der Waals surface area contributed by atoms with Gasteiger partial charge in [-0.3, -0.25) is 9.59 Å². The molecular formula is C16H10F3N3O3S. The van der Waals surface area contributed by atoms with Crippen molar-refractivity contribution in [2.75, 3.05) is 0 Å². The third-order valence-electron chi connectivity index (χ3n) is 3.78. The molecule has 26 heavy (non-hydrogen) atoms. The minimum Gasteiger partial charge on any atom is -0.310 e. The number of thiophene rings is 1. The van der Waals surface area contributed by atoms with E-state index in [4.69, 9.17) is 0 Å². The number of aromatic nitrogens is 2. The highest BCUT2D eigenvalue weighted by Crippen LogP contribution is 2.30. The number of nitrogens with one attached hydrogen (secondary N) is 1. The number of amides is 1. The smallest absolute Gasteiger partial charge is 0.310 e. The normalized spacial score (nSPS) is 11.7. The molecule has 0 aliphatic heterocycles. The van der Waals surface area contributed by atoms with Gasteiger partial charge in [0.25, 0.3) is 5.56 Å². The van der Waals surface area contributed by atoms with Gasteiger partial charge in [-0.05, 0) is 30.2 Å². The van der Waals surface area contributed by atoms with E-state index in [1.165, 1.54) is 19.1 Å². The van der Waals surface area contributed by atoms with Gasteiger partial charge in [0.05, 0.1) is 10.9 Å². The van der Waals surface area contributed by atoms with Crippen molar-refractivity contribution < 1.29 is 18.0 Å². The first-order valence-corrected chi connectivity index (χ1v) is 8.08. The molecule has 2 aromatic heterocycles. The molecule has 134 valence electrons. The standard InChI is InChI=1S/C16H10F3N3O3S/c1-7-11-13(23)20-10(21-15(11)26-12(7)14(24)22-25)6-8-2-4-9(5-3-8)16(17,18)19/h2-5H,6H2,1H3,(H,20,21,23). The molecule has 1 aromatic carbocycles. The number of carbonyl (C=O) groups is 1. The summed E-state index contributed by atoms with van der Waals surface area (Å²) < 4.78 is 37.8.